The third-order valence-corrected chi connectivity index (χ3v) is 3.66. The average Bonchev–Trinajstić information content (AvgIpc) is 2.74. The number of thiophene rings is 1. The van der Waals surface area contributed by atoms with E-state index in [0.717, 1.165) is 10.0 Å². The molecule has 4 heteroatoms. The molecule has 0 aliphatic heterocycles. The molecule has 2 nitrogen and oxygen atoms in total. The van der Waals surface area contributed by atoms with Crippen LogP contribution in [0.5, 0.6) is 0 Å². The molecule has 0 aliphatic rings. The van der Waals surface area contributed by atoms with Crippen LogP contribution >= 0.6 is 27.3 Å². The van der Waals surface area contributed by atoms with Crippen LogP contribution in [0.3, 0.4) is 0 Å². The van der Waals surface area contributed by atoms with Gasteiger partial charge in [-0.3, -0.25) is 4.79 Å². The molecule has 16 heavy (non-hydrogen) atoms. The molecular formula is C12H10BrNOS. The highest BCUT2D eigenvalue weighted by Gasteiger charge is 2.11. The number of hydrogen-bond acceptors (Lipinski definition) is 3. The van der Waals surface area contributed by atoms with Gasteiger partial charge >= 0.3 is 0 Å². The summed E-state index contributed by atoms with van der Waals surface area (Å²) in [6, 6.07) is 7.24. The molecule has 0 unspecified atom stereocenters. The van der Waals surface area contributed by atoms with E-state index >= 15 is 0 Å². The van der Waals surface area contributed by atoms with E-state index in [0.29, 0.717) is 17.7 Å². The largest absolute Gasteiger partial charge is 0.399 e. The lowest BCUT2D eigenvalue weighted by Crippen LogP contribution is -2.04. The lowest BCUT2D eigenvalue weighted by molar-refractivity contribution is 0.0992. The third-order valence-electron chi connectivity index (χ3n) is 2.24. The molecule has 0 aliphatic carbocycles. The van der Waals surface area contributed by atoms with Crippen LogP contribution in [0.4, 0.5) is 5.69 Å². The SMILES string of the molecule is Nc1ccc(Br)c(C(=O)Cc2ccsc2)c1. The molecule has 2 rings (SSSR count). The van der Waals surface area contributed by atoms with Crippen molar-refractivity contribution in [2.24, 2.45) is 0 Å². The van der Waals surface area contributed by atoms with E-state index in [4.69, 9.17) is 5.73 Å². The molecule has 0 saturated carbocycles. The fourth-order valence-electron chi connectivity index (χ4n) is 1.43. The molecule has 0 saturated heterocycles. The highest BCUT2D eigenvalue weighted by molar-refractivity contribution is 9.10. The van der Waals surface area contributed by atoms with Crippen molar-refractivity contribution in [3.8, 4) is 0 Å². The molecule has 0 bridgehead atoms. The fourth-order valence-corrected chi connectivity index (χ4v) is 2.57. The predicted molar refractivity (Wildman–Crippen MR) is 70.9 cm³/mol. The predicted octanol–water partition coefficient (Wildman–Crippen LogP) is 3.52. The van der Waals surface area contributed by atoms with E-state index in [1.165, 1.54) is 0 Å². The smallest absolute Gasteiger partial charge is 0.168 e. The normalized spacial score (nSPS) is 10.3. The van der Waals surface area contributed by atoms with E-state index < -0.39 is 0 Å². The van der Waals surface area contributed by atoms with Gasteiger partial charge in [0, 0.05) is 22.1 Å². The van der Waals surface area contributed by atoms with Gasteiger partial charge in [0.15, 0.2) is 5.78 Å². The maximum absolute atomic E-state index is 12.0. The van der Waals surface area contributed by atoms with Crippen molar-refractivity contribution in [3.63, 3.8) is 0 Å². The van der Waals surface area contributed by atoms with Crippen molar-refractivity contribution < 1.29 is 4.79 Å². The number of ketones is 1. The Balaban J connectivity index is 2.24. The van der Waals surface area contributed by atoms with Crippen molar-refractivity contribution in [1.29, 1.82) is 0 Å². The lowest BCUT2D eigenvalue weighted by atomic mass is 10.0. The molecule has 0 amide bonds. The summed E-state index contributed by atoms with van der Waals surface area (Å²) in [5.41, 5.74) is 7.97. The maximum Gasteiger partial charge on any atom is 0.168 e. The summed E-state index contributed by atoms with van der Waals surface area (Å²) in [6.07, 6.45) is 0.422. The quantitative estimate of drug-likeness (QED) is 0.695. The number of carbonyl (C=O) groups excluding carboxylic acids is 1. The van der Waals surface area contributed by atoms with Gasteiger partial charge in [-0.2, -0.15) is 11.3 Å². The third kappa shape index (κ3) is 2.51. The number of anilines is 1. The van der Waals surface area contributed by atoms with Gasteiger partial charge in [-0.1, -0.05) is 15.9 Å². The van der Waals surface area contributed by atoms with Crippen LogP contribution in [0.25, 0.3) is 0 Å². The van der Waals surface area contributed by atoms with E-state index in [-0.39, 0.29) is 5.78 Å². The minimum Gasteiger partial charge on any atom is -0.399 e. The Bertz CT molecular complexity index is 508. The number of halogens is 1. The Morgan fingerprint density at radius 2 is 2.19 bits per heavy atom. The van der Waals surface area contributed by atoms with E-state index in [2.05, 4.69) is 15.9 Å². The van der Waals surface area contributed by atoms with Gasteiger partial charge in [-0.25, -0.2) is 0 Å². The highest BCUT2D eigenvalue weighted by atomic mass is 79.9. The Morgan fingerprint density at radius 3 is 2.88 bits per heavy atom. The Morgan fingerprint density at radius 1 is 1.38 bits per heavy atom. The van der Waals surface area contributed by atoms with E-state index in [9.17, 15) is 4.79 Å². The minimum absolute atomic E-state index is 0.0811. The van der Waals surface area contributed by atoms with Crippen LogP contribution in [0.15, 0.2) is 39.5 Å². The van der Waals surface area contributed by atoms with Crippen molar-refractivity contribution in [2.75, 3.05) is 5.73 Å². The van der Waals surface area contributed by atoms with Gasteiger partial charge in [0.1, 0.15) is 0 Å². The van der Waals surface area contributed by atoms with E-state index in [1.54, 1.807) is 29.5 Å². The summed E-state index contributed by atoms with van der Waals surface area (Å²) < 4.78 is 0.793. The van der Waals surface area contributed by atoms with E-state index in [1.807, 2.05) is 16.8 Å². The second-order valence-corrected chi connectivity index (χ2v) is 5.11. The highest BCUT2D eigenvalue weighted by Crippen LogP contribution is 2.21. The van der Waals surface area contributed by atoms with Crippen LogP contribution in [-0.4, -0.2) is 5.78 Å². The number of Topliss-reactive ketones (excluding diaryl/α,β-unsaturated/α-hetero) is 1. The van der Waals surface area contributed by atoms with Gasteiger partial charge < -0.3 is 5.73 Å². The number of carbonyl (C=O) groups is 1. The first-order chi connectivity index (χ1) is 7.66. The topological polar surface area (TPSA) is 43.1 Å². The number of nitrogen functional groups attached to an aromatic ring is 1. The summed E-state index contributed by atoms with van der Waals surface area (Å²) in [5.74, 6) is 0.0811. The molecule has 0 fully saturated rings. The zero-order valence-electron chi connectivity index (χ0n) is 8.44. The zero-order chi connectivity index (χ0) is 11.5. The molecule has 82 valence electrons. The Hall–Kier alpha value is -1.13. The lowest BCUT2D eigenvalue weighted by Gasteiger charge is -2.04. The second-order valence-electron chi connectivity index (χ2n) is 3.47. The van der Waals surface area contributed by atoms with Gasteiger partial charge in [-0.05, 0) is 40.6 Å². The maximum atomic E-state index is 12.0. The van der Waals surface area contributed by atoms with Crippen LogP contribution in [0.1, 0.15) is 15.9 Å². The van der Waals surface area contributed by atoms with Crippen molar-refractivity contribution in [2.45, 2.75) is 6.42 Å². The molecule has 0 atom stereocenters. The monoisotopic (exact) mass is 295 g/mol. The molecule has 1 aromatic heterocycles. The van der Waals surface area contributed by atoms with Gasteiger partial charge in [0.2, 0.25) is 0 Å². The van der Waals surface area contributed by atoms with Crippen molar-refractivity contribution in [1.82, 2.24) is 0 Å². The van der Waals surface area contributed by atoms with Crippen molar-refractivity contribution >= 4 is 38.7 Å². The summed E-state index contributed by atoms with van der Waals surface area (Å²) in [5, 5.41) is 3.95. The van der Waals surface area contributed by atoms with Crippen LogP contribution in [-0.2, 0) is 6.42 Å². The summed E-state index contributed by atoms with van der Waals surface area (Å²) in [7, 11) is 0. The summed E-state index contributed by atoms with van der Waals surface area (Å²) >= 11 is 4.96. The first-order valence-electron chi connectivity index (χ1n) is 4.76. The number of benzene rings is 1. The second kappa shape index (κ2) is 4.80. The first-order valence-corrected chi connectivity index (χ1v) is 6.49. The standard InChI is InChI=1S/C12H10BrNOS/c13-11-2-1-9(14)6-10(11)12(15)5-8-3-4-16-7-8/h1-4,6-7H,5,14H2. The van der Waals surface area contributed by atoms with Gasteiger partial charge in [-0.15, -0.1) is 0 Å². The van der Waals surface area contributed by atoms with Gasteiger partial charge in [0.05, 0.1) is 0 Å². The number of rotatable bonds is 3. The molecule has 1 heterocycles. The minimum atomic E-state index is 0.0811. The zero-order valence-corrected chi connectivity index (χ0v) is 10.8. The van der Waals surface area contributed by atoms with Crippen LogP contribution in [0.2, 0.25) is 0 Å². The Labute approximate surface area is 106 Å². The summed E-state index contributed by atoms with van der Waals surface area (Å²) in [6.45, 7) is 0. The molecular weight excluding hydrogens is 286 g/mol. The summed E-state index contributed by atoms with van der Waals surface area (Å²) in [4.78, 5) is 12.0. The van der Waals surface area contributed by atoms with Crippen LogP contribution < -0.4 is 5.73 Å². The van der Waals surface area contributed by atoms with Gasteiger partial charge in [0.25, 0.3) is 0 Å². The molecule has 0 spiro atoms. The molecule has 0 radical (unpaired) electrons. The number of nitrogens with two attached hydrogens (primary N) is 1. The first kappa shape index (κ1) is 11.4. The number of hydrogen-bond donors (Lipinski definition) is 1. The molecule has 2 aromatic rings. The average molecular weight is 296 g/mol. The van der Waals surface area contributed by atoms with Crippen LogP contribution in [0, 0.1) is 0 Å². The Kier molecular flexibility index (Phi) is 3.41. The molecule has 2 N–H and O–H groups in total. The molecule has 1 aromatic carbocycles. The fraction of sp³-hybridized carbons (Fsp3) is 0.0833. The van der Waals surface area contributed by atoms with Crippen molar-refractivity contribution in [3.05, 3.63) is 50.6 Å².